The summed E-state index contributed by atoms with van der Waals surface area (Å²) in [7, 11) is 0. The van der Waals surface area contributed by atoms with Crippen LogP contribution >= 0.6 is 0 Å². The summed E-state index contributed by atoms with van der Waals surface area (Å²) in [6.07, 6.45) is 0.901. The van der Waals surface area contributed by atoms with Crippen molar-refractivity contribution in [1.29, 1.82) is 0 Å². The number of hydrogen-bond donors (Lipinski definition) is 0. The van der Waals surface area contributed by atoms with Crippen molar-refractivity contribution in [3.63, 3.8) is 0 Å². The number of hydrogen-bond acceptors (Lipinski definition) is 6. The van der Waals surface area contributed by atoms with Crippen LogP contribution in [-0.2, 0) is 24.5 Å². The number of carbonyl (C=O) groups is 1. The van der Waals surface area contributed by atoms with Crippen LogP contribution in [-0.4, -0.2) is 26.2 Å². The zero-order valence-corrected chi connectivity index (χ0v) is 14.5. The van der Waals surface area contributed by atoms with Crippen molar-refractivity contribution >= 4 is 5.97 Å². The van der Waals surface area contributed by atoms with Gasteiger partial charge in [-0.3, -0.25) is 0 Å². The van der Waals surface area contributed by atoms with E-state index in [0.29, 0.717) is 24.5 Å². The molecule has 0 amide bonds. The van der Waals surface area contributed by atoms with Gasteiger partial charge >= 0.3 is 5.97 Å². The molecule has 3 aromatic rings. The smallest absolute Gasteiger partial charge is 0.338 e. The summed E-state index contributed by atoms with van der Waals surface area (Å²) >= 11 is 0. The van der Waals surface area contributed by atoms with Crippen LogP contribution in [0.15, 0.2) is 54.6 Å². The van der Waals surface area contributed by atoms with Crippen molar-refractivity contribution in [2.75, 3.05) is 0 Å². The normalized spacial score (nSPS) is 10.5. The Morgan fingerprint density at radius 1 is 1.04 bits per heavy atom. The third-order valence-electron chi connectivity index (χ3n) is 3.71. The number of tetrazole rings is 1. The molecule has 0 atom stereocenters. The molecule has 0 aliphatic heterocycles. The molecule has 0 radical (unpaired) electrons. The van der Waals surface area contributed by atoms with Crippen LogP contribution < -0.4 is 4.74 Å². The second-order valence-electron chi connectivity index (χ2n) is 5.69. The zero-order valence-electron chi connectivity index (χ0n) is 14.5. The number of nitrogens with zero attached hydrogens (tertiary/aromatic N) is 4. The van der Waals surface area contributed by atoms with Gasteiger partial charge in [-0.05, 0) is 46.7 Å². The first-order chi connectivity index (χ1) is 12.8. The maximum absolute atomic E-state index is 12.2. The van der Waals surface area contributed by atoms with E-state index in [2.05, 4.69) is 15.5 Å². The Bertz CT molecular complexity index is 832. The Hall–Kier alpha value is -3.22. The molecule has 134 valence electrons. The van der Waals surface area contributed by atoms with Gasteiger partial charge < -0.3 is 9.47 Å². The van der Waals surface area contributed by atoms with Crippen LogP contribution in [0.4, 0.5) is 0 Å². The lowest BCUT2D eigenvalue weighted by atomic mass is 10.1. The maximum atomic E-state index is 12.2. The lowest BCUT2D eigenvalue weighted by Crippen LogP contribution is -2.11. The van der Waals surface area contributed by atoms with Crippen molar-refractivity contribution in [2.24, 2.45) is 0 Å². The molecular formula is C19H20N4O3. The molecule has 7 heteroatoms. The maximum Gasteiger partial charge on any atom is 0.338 e. The number of aromatic nitrogens is 4. The molecule has 0 spiro atoms. The Balaban J connectivity index is 1.52. The minimum atomic E-state index is -0.411. The van der Waals surface area contributed by atoms with Crippen molar-refractivity contribution in [1.82, 2.24) is 20.2 Å². The van der Waals surface area contributed by atoms with Gasteiger partial charge in [-0.1, -0.05) is 37.3 Å². The third-order valence-corrected chi connectivity index (χ3v) is 3.71. The van der Waals surface area contributed by atoms with Crippen LogP contribution in [0.5, 0.6) is 5.75 Å². The Labute approximate surface area is 151 Å². The van der Waals surface area contributed by atoms with Gasteiger partial charge in [-0.15, -0.1) is 5.10 Å². The number of rotatable bonds is 8. The zero-order chi connectivity index (χ0) is 18.2. The van der Waals surface area contributed by atoms with Gasteiger partial charge in [0.15, 0.2) is 12.4 Å². The first-order valence-corrected chi connectivity index (χ1v) is 8.45. The van der Waals surface area contributed by atoms with E-state index in [1.807, 2.05) is 49.4 Å². The first kappa shape index (κ1) is 17.6. The summed E-state index contributed by atoms with van der Waals surface area (Å²) in [5, 5.41) is 11.3. The lowest BCUT2D eigenvalue weighted by molar-refractivity contribution is 0.0456. The van der Waals surface area contributed by atoms with Gasteiger partial charge in [0.2, 0.25) is 0 Å². The Kier molecular flexibility index (Phi) is 5.92. The Morgan fingerprint density at radius 2 is 1.81 bits per heavy atom. The number of carbonyl (C=O) groups excluding carboxylic acids is 1. The molecule has 0 bridgehead atoms. The summed E-state index contributed by atoms with van der Waals surface area (Å²) in [5.74, 6) is 0.931. The van der Waals surface area contributed by atoms with E-state index in [-0.39, 0.29) is 6.61 Å². The van der Waals surface area contributed by atoms with Crippen LogP contribution in [0, 0.1) is 0 Å². The van der Waals surface area contributed by atoms with Gasteiger partial charge in [-0.25, -0.2) is 9.48 Å². The molecule has 0 saturated heterocycles. The van der Waals surface area contributed by atoms with Gasteiger partial charge in [0.1, 0.15) is 12.4 Å². The minimum absolute atomic E-state index is 0.0463. The third kappa shape index (κ3) is 4.66. The van der Waals surface area contributed by atoms with E-state index >= 15 is 0 Å². The summed E-state index contributed by atoms with van der Waals surface area (Å²) in [6, 6.07) is 16.7. The molecule has 0 aliphatic carbocycles. The molecule has 2 aromatic carbocycles. The molecule has 0 unspecified atom stereocenters. The molecule has 0 aliphatic rings. The number of aryl methyl sites for hydroxylation is 1. The largest absolute Gasteiger partial charge is 0.489 e. The number of esters is 1. The van der Waals surface area contributed by atoms with Gasteiger partial charge in [-0.2, -0.15) is 0 Å². The monoisotopic (exact) mass is 352 g/mol. The molecule has 0 saturated carbocycles. The molecule has 7 nitrogen and oxygen atoms in total. The molecule has 1 aromatic heterocycles. The van der Waals surface area contributed by atoms with Gasteiger partial charge in [0.25, 0.3) is 0 Å². The van der Waals surface area contributed by atoms with Crippen molar-refractivity contribution in [3.8, 4) is 5.75 Å². The summed E-state index contributed by atoms with van der Waals surface area (Å²) in [5.41, 5.74) is 1.44. The second kappa shape index (κ2) is 8.75. The predicted octanol–water partition coefficient (Wildman–Crippen LogP) is 3.02. The van der Waals surface area contributed by atoms with E-state index in [4.69, 9.17) is 9.47 Å². The number of para-hydroxylation sites is 1. The SMILES string of the molecule is CCCn1nnnc1COC(=O)c1ccc(COc2ccccc2)cc1. The highest BCUT2D eigenvalue weighted by atomic mass is 16.5. The van der Waals surface area contributed by atoms with E-state index in [9.17, 15) is 4.79 Å². The van der Waals surface area contributed by atoms with E-state index in [1.165, 1.54) is 0 Å². The quantitative estimate of drug-likeness (QED) is 0.580. The molecular weight excluding hydrogens is 332 g/mol. The predicted molar refractivity (Wildman–Crippen MR) is 94.4 cm³/mol. The van der Waals surface area contributed by atoms with Crippen LogP contribution in [0.25, 0.3) is 0 Å². The lowest BCUT2D eigenvalue weighted by Gasteiger charge is -2.08. The fourth-order valence-corrected chi connectivity index (χ4v) is 2.35. The average molecular weight is 352 g/mol. The molecule has 0 fully saturated rings. The number of benzene rings is 2. The second-order valence-corrected chi connectivity index (χ2v) is 5.69. The standard InChI is InChI=1S/C19H20N4O3/c1-2-12-23-18(20-21-22-23)14-26-19(24)16-10-8-15(9-11-16)13-25-17-6-4-3-5-7-17/h3-11H,2,12-14H2,1H3. The van der Waals surface area contributed by atoms with E-state index in [1.54, 1.807) is 16.8 Å². The topological polar surface area (TPSA) is 79.1 Å². The Morgan fingerprint density at radius 3 is 2.54 bits per heavy atom. The summed E-state index contributed by atoms with van der Waals surface area (Å²) in [4.78, 5) is 12.2. The van der Waals surface area contributed by atoms with Gasteiger partial charge in [0, 0.05) is 6.54 Å². The molecule has 26 heavy (non-hydrogen) atoms. The van der Waals surface area contributed by atoms with E-state index in [0.717, 1.165) is 17.7 Å². The van der Waals surface area contributed by atoms with Crippen molar-refractivity contribution in [3.05, 3.63) is 71.5 Å². The first-order valence-electron chi connectivity index (χ1n) is 8.45. The van der Waals surface area contributed by atoms with Crippen LogP contribution in [0.2, 0.25) is 0 Å². The minimum Gasteiger partial charge on any atom is -0.489 e. The van der Waals surface area contributed by atoms with Crippen LogP contribution in [0.3, 0.4) is 0 Å². The summed E-state index contributed by atoms with van der Waals surface area (Å²) in [6.45, 7) is 3.20. The molecule has 1 heterocycles. The highest BCUT2D eigenvalue weighted by molar-refractivity contribution is 5.89. The number of ether oxygens (including phenoxy) is 2. The summed E-state index contributed by atoms with van der Waals surface area (Å²) < 4.78 is 12.6. The highest BCUT2D eigenvalue weighted by Gasteiger charge is 2.11. The van der Waals surface area contributed by atoms with Crippen molar-refractivity contribution < 1.29 is 14.3 Å². The fraction of sp³-hybridized carbons (Fsp3) is 0.263. The van der Waals surface area contributed by atoms with Gasteiger partial charge in [0.05, 0.1) is 5.56 Å². The van der Waals surface area contributed by atoms with Crippen LogP contribution in [0.1, 0.15) is 35.1 Å². The van der Waals surface area contributed by atoms with Crippen molar-refractivity contribution in [2.45, 2.75) is 33.1 Å². The van der Waals surface area contributed by atoms with E-state index < -0.39 is 5.97 Å². The molecule has 3 rings (SSSR count). The average Bonchev–Trinajstić information content (AvgIpc) is 3.13. The molecule has 0 N–H and O–H groups in total. The fourth-order valence-electron chi connectivity index (χ4n) is 2.35. The highest BCUT2D eigenvalue weighted by Crippen LogP contribution is 2.13.